The lowest BCUT2D eigenvalue weighted by Gasteiger charge is -2.35. The minimum Gasteiger partial charge on any atom is -0.401 e. The van der Waals surface area contributed by atoms with Gasteiger partial charge in [0.05, 0.1) is 40.0 Å². The van der Waals surface area contributed by atoms with Gasteiger partial charge in [-0.15, -0.1) is 0 Å². The average Bonchev–Trinajstić information content (AvgIpc) is 2.44. The van der Waals surface area contributed by atoms with Crippen molar-refractivity contribution in [2.75, 3.05) is 17.2 Å². The standard InChI is InChI=1S/C14H16N6O2/c15-3-1-5(17)11(19)9-7(3)13(21)10-8(14(9)22)4(16)2-6(18)12(10)20/h1-2,7,9H,15-20H2. The highest BCUT2D eigenvalue weighted by molar-refractivity contribution is 6.23. The molecular weight excluding hydrogens is 284 g/mol. The predicted molar refractivity (Wildman–Crippen MR) is 83.0 cm³/mol. The van der Waals surface area contributed by atoms with E-state index in [9.17, 15) is 9.59 Å². The number of nitrogen functional groups attached to an aromatic ring is 3. The molecule has 0 saturated heterocycles. The highest BCUT2D eigenvalue weighted by Crippen LogP contribution is 2.44. The van der Waals surface area contributed by atoms with E-state index in [1.54, 1.807) is 0 Å². The van der Waals surface area contributed by atoms with Crippen LogP contribution in [0.4, 0.5) is 17.1 Å². The average molecular weight is 300 g/mol. The van der Waals surface area contributed by atoms with Gasteiger partial charge in [-0.3, -0.25) is 9.59 Å². The zero-order valence-corrected chi connectivity index (χ0v) is 11.6. The molecule has 0 heterocycles. The molecule has 3 rings (SSSR count). The highest BCUT2D eigenvalue weighted by atomic mass is 16.1. The third-order valence-corrected chi connectivity index (χ3v) is 4.17. The first-order valence-electron chi connectivity index (χ1n) is 6.53. The molecule has 0 saturated carbocycles. The van der Waals surface area contributed by atoms with Gasteiger partial charge in [0.25, 0.3) is 0 Å². The van der Waals surface area contributed by atoms with Crippen molar-refractivity contribution in [3.63, 3.8) is 0 Å². The molecule has 0 aliphatic heterocycles. The molecule has 0 bridgehead atoms. The van der Waals surface area contributed by atoms with Crippen LogP contribution in [0.2, 0.25) is 0 Å². The second-order valence-electron chi connectivity index (χ2n) is 5.46. The summed E-state index contributed by atoms with van der Waals surface area (Å²) in [6, 6.07) is 1.35. The number of nitrogens with two attached hydrogens (primary N) is 6. The summed E-state index contributed by atoms with van der Waals surface area (Å²) >= 11 is 0. The Morgan fingerprint density at radius 2 is 1.36 bits per heavy atom. The molecule has 0 fully saturated rings. The summed E-state index contributed by atoms with van der Waals surface area (Å²) in [5, 5.41) is 0. The Kier molecular flexibility index (Phi) is 2.62. The fourth-order valence-electron chi connectivity index (χ4n) is 3.07. The van der Waals surface area contributed by atoms with Gasteiger partial charge in [0.2, 0.25) is 0 Å². The van der Waals surface area contributed by atoms with E-state index < -0.39 is 23.4 Å². The predicted octanol–water partition coefficient (Wildman–Crippen LogP) is -0.970. The summed E-state index contributed by atoms with van der Waals surface area (Å²) in [6.07, 6.45) is 1.39. The third kappa shape index (κ3) is 1.51. The van der Waals surface area contributed by atoms with Gasteiger partial charge in [0, 0.05) is 17.1 Å². The van der Waals surface area contributed by atoms with Gasteiger partial charge in [-0.1, -0.05) is 0 Å². The number of allylic oxidation sites excluding steroid dienone is 3. The van der Waals surface area contributed by atoms with Crippen molar-refractivity contribution < 1.29 is 9.59 Å². The van der Waals surface area contributed by atoms with E-state index in [0.717, 1.165) is 0 Å². The number of fused-ring (bicyclic) bond motifs is 2. The van der Waals surface area contributed by atoms with Gasteiger partial charge in [0.1, 0.15) is 0 Å². The molecule has 1 aromatic rings. The van der Waals surface area contributed by atoms with Crippen molar-refractivity contribution in [2.24, 2.45) is 29.0 Å². The van der Waals surface area contributed by atoms with Crippen LogP contribution >= 0.6 is 0 Å². The molecule has 114 valence electrons. The lowest BCUT2D eigenvalue weighted by molar-refractivity contribution is 0.0784. The zero-order valence-electron chi connectivity index (χ0n) is 11.6. The molecule has 2 aliphatic carbocycles. The molecule has 2 aliphatic rings. The van der Waals surface area contributed by atoms with Gasteiger partial charge in [-0.2, -0.15) is 0 Å². The van der Waals surface area contributed by atoms with Crippen LogP contribution in [0, 0.1) is 11.8 Å². The van der Waals surface area contributed by atoms with E-state index in [1.807, 2.05) is 0 Å². The lowest BCUT2D eigenvalue weighted by Crippen LogP contribution is -2.45. The van der Waals surface area contributed by atoms with Crippen molar-refractivity contribution in [3.8, 4) is 0 Å². The van der Waals surface area contributed by atoms with Crippen LogP contribution in [0.15, 0.2) is 29.2 Å². The SMILES string of the molecule is NC1=CC(N)=C(N)C2C(=O)c3c(N)cc(N)c(N)c3C(=O)C12. The molecule has 2 atom stereocenters. The van der Waals surface area contributed by atoms with Crippen LogP contribution in [-0.4, -0.2) is 11.6 Å². The Hall–Kier alpha value is -3.16. The summed E-state index contributed by atoms with van der Waals surface area (Å²) in [5.74, 6) is -2.76. The second-order valence-corrected chi connectivity index (χ2v) is 5.46. The highest BCUT2D eigenvalue weighted by Gasteiger charge is 2.48. The molecule has 0 aromatic heterocycles. The smallest absolute Gasteiger partial charge is 0.175 e. The molecule has 2 unspecified atom stereocenters. The number of carbonyl (C=O) groups excluding carboxylic acids is 2. The molecular formula is C14H16N6O2. The van der Waals surface area contributed by atoms with Crippen LogP contribution in [0.1, 0.15) is 20.7 Å². The molecule has 0 radical (unpaired) electrons. The van der Waals surface area contributed by atoms with E-state index in [1.165, 1.54) is 12.1 Å². The van der Waals surface area contributed by atoms with Crippen LogP contribution in [0.25, 0.3) is 0 Å². The maximum atomic E-state index is 12.8. The van der Waals surface area contributed by atoms with Gasteiger partial charge < -0.3 is 34.4 Å². The van der Waals surface area contributed by atoms with Crippen molar-refractivity contribution >= 4 is 28.6 Å². The first-order chi connectivity index (χ1) is 10.3. The molecule has 8 nitrogen and oxygen atoms in total. The Balaban J connectivity index is 2.35. The number of carbonyl (C=O) groups is 2. The molecule has 1 aromatic carbocycles. The van der Waals surface area contributed by atoms with E-state index in [0.29, 0.717) is 0 Å². The quantitative estimate of drug-likeness (QED) is 0.329. The Morgan fingerprint density at radius 1 is 0.773 bits per heavy atom. The Labute approximate surface area is 125 Å². The number of hydrogen-bond donors (Lipinski definition) is 6. The van der Waals surface area contributed by atoms with E-state index in [4.69, 9.17) is 34.4 Å². The fourth-order valence-corrected chi connectivity index (χ4v) is 3.07. The van der Waals surface area contributed by atoms with Gasteiger partial charge >= 0.3 is 0 Å². The maximum absolute atomic E-state index is 12.8. The number of hydrogen-bond acceptors (Lipinski definition) is 8. The van der Waals surface area contributed by atoms with E-state index in [2.05, 4.69) is 0 Å². The third-order valence-electron chi connectivity index (χ3n) is 4.17. The lowest BCUT2D eigenvalue weighted by atomic mass is 9.68. The van der Waals surface area contributed by atoms with Crippen LogP contribution in [-0.2, 0) is 0 Å². The van der Waals surface area contributed by atoms with Crippen molar-refractivity contribution in [3.05, 3.63) is 40.4 Å². The van der Waals surface area contributed by atoms with Crippen LogP contribution in [0.3, 0.4) is 0 Å². The van der Waals surface area contributed by atoms with Gasteiger partial charge in [-0.25, -0.2) is 0 Å². The number of benzene rings is 1. The van der Waals surface area contributed by atoms with Crippen molar-refractivity contribution in [1.82, 2.24) is 0 Å². The summed E-state index contributed by atoms with van der Waals surface area (Å²) < 4.78 is 0. The number of ketones is 2. The summed E-state index contributed by atoms with van der Waals surface area (Å²) in [6.45, 7) is 0. The molecule has 22 heavy (non-hydrogen) atoms. The van der Waals surface area contributed by atoms with Crippen molar-refractivity contribution in [2.45, 2.75) is 0 Å². The van der Waals surface area contributed by atoms with E-state index >= 15 is 0 Å². The number of anilines is 3. The molecule has 0 spiro atoms. The van der Waals surface area contributed by atoms with Crippen molar-refractivity contribution in [1.29, 1.82) is 0 Å². The zero-order chi connectivity index (χ0) is 16.3. The second kappa shape index (κ2) is 4.17. The first kappa shape index (κ1) is 13.8. The van der Waals surface area contributed by atoms with E-state index in [-0.39, 0.29) is 45.3 Å². The fraction of sp³-hybridized carbons (Fsp3) is 0.143. The summed E-state index contributed by atoms with van der Waals surface area (Å²) in [5.41, 5.74) is 35.7. The number of Topliss-reactive ketones (excluding diaryl/α,β-unsaturated/α-hetero) is 2. The summed E-state index contributed by atoms with van der Waals surface area (Å²) in [7, 11) is 0. The topological polar surface area (TPSA) is 190 Å². The molecule has 0 amide bonds. The largest absolute Gasteiger partial charge is 0.401 e. The monoisotopic (exact) mass is 300 g/mol. The van der Waals surface area contributed by atoms with Crippen LogP contribution in [0.5, 0.6) is 0 Å². The normalized spacial score (nSPS) is 23.9. The first-order valence-corrected chi connectivity index (χ1v) is 6.53. The van der Waals surface area contributed by atoms with Gasteiger partial charge in [-0.05, 0) is 12.1 Å². The Morgan fingerprint density at radius 3 is 2.00 bits per heavy atom. The minimum atomic E-state index is -0.963. The van der Waals surface area contributed by atoms with Crippen LogP contribution < -0.4 is 34.4 Å². The van der Waals surface area contributed by atoms with Gasteiger partial charge in [0.15, 0.2) is 11.6 Å². The minimum absolute atomic E-state index is 0.00775. The maximum Gasteiger partial charge on any atom is 0.175 e. The molecule has 8 heteroatoms. The number of rotatable bonds is 0. The Bertz CT molecular complexity index is 808. The summed E-state index contributed by atoms with van der Waals surface area (Å²) in [4.78, 5) is 25.6. The molecule has 12 N–H and O–H groups in total.